The molecule has 1 heterocycles. The summed E-state index contributed by atoms with van der Waals surface area (Å²) in [6.07, 6.45) is -0.174. The van der Waals surface area contributed by atoms with Gasteiger partial charge in [-0.1, -0.05) is 23.7 Å². The SMILES string of the molecule is COc1ccc(NC(=O)[C@H](C)N2CCO[C@@H](c3ccc(Cl)cc3)C2)c([N+](=O)[O-])c1. The molecule has 2 aromatic rings. The number of nitrogens with one attached hydrogen (secondary N) is 1. The highest BCUT2D eigenvalue weighted by Gasteiger charge is 2.29. The van der Waals surface area contributed by atoms with Gasteiger partial charge in [0.1, 0.15) is 11.4 Å². The van der Waals surface area contributed by atoms with Crippen LogP contribution in [0.5, 0.6) is 5.75 Å². The number of anilines is 1. The van der Waals surface area contributed by atoms with E-state index in [0.717, 1.165) is 5.56 Å². The van der Waals surface area contributed by atoms with Crippen LogP contribution in [-0.2, 0) is 9.53 Å². The minimum absolute atomic E-state index is 0.134. The first-order valence-electron chi connectivity index (χ1n) is 9.13. The third-order valence-electron chi connectivity index (χ3n) is 4.93. The van der Waals surface area contributed by atoms with Gasteiger partial charge in [0.2, 0.25) is 5.91 Å². The van der Waals surface area contributed by atoms with Gasteiger partial charge >= 0.3 is 0 Å². The summed E-state index contributed by atoms with van der Waals surface area (Å²) < 4.78 is 10.9. The number of carbonyl (C=O) groups excluding carboxylic acids is 1. The number of nitrogens with zero attached hydrogens (tertiary/aromatic N) is 2. The lowest BCUT2D eigenvalue weighted by Crippen LogP contribution is -2.48. The van der Waals surface area contributed by atoms with Crippen molar-refractivity contribution in [1.82, 2.24) is 4.90 Å². The second kappa shape index (κ2) is 9.21. The zero-order valence-electron chi connectivity index (χ0n) is 16.1. The Bertz CT molecular complexity index is 890. The minimum Gasteiger partial charge on any atom is -0.496 e. The van der Waals surface area contributed by atoms with Gasteiger partial charge in [-0.25, -0.2) is 0 Å². The number of benzene rings is 2. The van der Waals surface area contributed by atoms with Crippen LogP contribution in [0.25, 0.3) is 0 Å². The fourth-order valence-corrected chi connectivity index (χ4v) is 3.32. The molecule has 9 heteroatoms. The molecule has 3 rings (SSSR count). The van der Waals surface area contributed by atoms with Crippen molar-refractivity contribution < 1.29 is 19.2 Å². The van der Waals surface area contributed by atoms with Gasteiger partial charge in [-0.05, 0) is 36.8 Å². The lowest BCUT2D eigenvalue weighted by atomic mass is 10.1. The number of halogens is 1. The Morgan fingerprint density at radius 1 is 1.34 bits per heavy atom. The molecule has 2 atom stereocenters. The Morgan fingerprint density at radius 3 is 2.72 bits per heavy atom. The Labute approximate surface area is 173 Å². The van der Waals surface area contributed by atoms with Gasteiger partial charge in [-0.2, -0.15) is 0 Å². The molecule has 0 saturated carbocycles. The molecule has 2 aromatic carbocycles. The van der Waals surface area contributed by atoms with Crippen LogP contribution >= 0.6 is 11.6 Å². The molecular weight excluding hydrogens is 398 g/mol. The van der Waals surface area contributed by atoms with Gasteiger partial charge in [0.25, 0.3) is 5.69 Å². The Balaban J connectivity index is 1.70. The number of nitro benzene ring substituents is 1. The van der Waals surface area contributed by atoms with Crippen molar-refractivity contribution in [2.75, 3.05) is 32.1 Å². The third kappa shape index (κ3) is 5.03. The number of ether oxygens (including phenoxy) is 2. The van der Waals surface area contributed by atoms with Crippen molar-refractivity contribution in [2.45, 2.75) is 19.1 Å². The quantitative estimate of drug-likeness (QED) is 0.567. The number of methoxy groups -OCH3 is 1. The largest absolute Gasteiger partial charge is 0.496 e. The topological polar surface area (TPSA) is 93.9 Å². The van der Waals surface area contributed by atoms with E-state index < -0.39 is 11.0 Å². The van der Waals surface area contributed by atoms with Crippen LogP contribution in [0.15, 0.2) is 42.5 Å². The Morgan fingerprint density at radius 2 is 2.07 bits per heavy atom. The van der Waals surface area contributed by atoms with Crippen LogP contribution in [0, 0.1) is 10.1 Å². The molecule has 1 N–H and O–H groups in total. The van der Waals surface area contributed by atoms with E-state index in [1.165, 1.54) is 19.2 Å². The third-order valence-corrected chi connectivity index (χ3v) is 5.18. The first kappa shape index (κ1) is 21.0. The maximum Gasteiger partial charge on any atom is 0.296 e. The Hall–Kier alpha value is -2.68. The van der Waals surface area contributed by atoms with Crippen LogP contribution < -0.4 is 10.1 Å². The lowest BCUT2D eigenvalue weighted by Gasteiger charge is -2.36. The summed E-state index contributed by atoms with van der Waals surface area (Å²) in [7, 11) is 1.43. The molecule has 0 aromatic heterocycles. The molecule has 1 amide bonds. The Kier molecular flexibility index (Phi) is 6.68. The van der Waals surface area contributed by atoms with Crippen molar-refractivity contribution in [1.29, 1.82) is 0 Å². The van der Waals surface area contributed by atoms with E-state index >= 15 is 0 Å². The average Bonchev–Trinajstić information content (AvgIpc) is 2.73. The molecule has 29 heavy (non-hydrogen) atoms. The molecule has 0 aliphatic carbocycles. The van der Waals surface area contributed by atoms with Crippen molar-refractivity contribution in [2.24, 2.45) is 0 Å². The fourth-order valence-electron chi connectivity index (χ4n) is 3.20. The fraction of sp³-hybridized carbons (Fsp3) is 0.350. The normalized spacial score (nSPS) is 18.1. The second-order valence-corrected chi connectivity index (χ2v) is 7.15. The van der Waals surface area contributed by atoms with Gasteiger partial charge in [-0.15, -0.1) is 0 Å². The van der Waals surface area contributed by atoms with E-state index in [1.54, 1.807) is 25.1 Å². The summed E-state index contributed by atoms with van der Waals surface area (Å²) in [5.74, 6) is 0.0248. The second-order valence-electron chi connectivity index (χ2n) is 6.71. The molecule has 8 nitrogen and oxygen atoms in total. The van der Waals surface area contributed by atoms with E-state index in [0.29, 0.717) is 30.5 Å². The molecule has 1 aliphatic rings. The summed E-state index contributed by atoms with van der Waals surface area (Å²) in [6.45, 7) is 3.37. The highest BCUT2D eigenvalue weighted by atomic mass is 35.5. The van der Waals surface area contributed by atoms with E-state index in [1.807, 2.05) is 17.0 Å². The first-order chi connectivity index (χ1) is 13.9. The molecule has 0 radical (unpaired) electrons. The number of hydrogen-bond acceptors (Lipinski definition) is 6. The lowest BCUT2D eigenvalue weighted by molar-refractivity contribution is -0.384. The van der Waals surface area contributed by atoms with Crippen LogP contribution in [0.2, 0.25) is 5.02 Å². The van der Waals surface area contributed by atoms with Gasteiger partial charge in [0.05, 0.1) is 36.9 Å². The summed E-state index contributed by atoms with van der Waals surface area (Å²) in [4.78, 5) is 25.5. The minimum atomic E-state index is -0.548. The van der Waals surface area contributed by atoms with Crippen molar-refractivity contribution >= 4 is 28.9 Å². The zero-order valence-corrected chi connectivity index (χ0v) is 16.9. The highest BCUT2D eigenvalue weighted by molar-refractivity contribution is 6.30. The van der Waals surface area contributed by atoms with E-state index in [-0.39, 0.29) is 23.4 Å². The summed E-state index contributed by atoms with van der Waals surface area (Å²) in [5.41, 5.74) is 0.901. The van der Waals surface area contributed by atoms with Crippen molar-refractivity contribution in [3.8, 4) is 5.75 Å². The van der Waals surface area contributed by atoms with Gasteiger partial charge in [0, 0.05) is 18.1 Å². The summed E-state index contributed by atoms with van der Waals surface area (Å²) in [6, 6.07) is 11.2. The van der Waals surface area contributed by atoms with Gasteiger partial charge < -0.3 is 14.8 Å². The number of amides is 1. The van der Waals surface area contributed by atoms with E-state index in [9.17, 15) is 14.9 Å². The van der Waals surface area contributed by atoms with E-state index in [2.05, 4.69) is 5.32 Å². The zero-order chi connectivity index (χ0) is 21.0. The molecule has 0 bridgehead atoms. The monoisotopic (exact) mass is 419 g/mol. The van der Waals surface area contributed by atoms with Gasteiger partial charge in [0.15, 0.2) is 0 Å². The molecule has 1 fully saturated rings. The van der Waals surface area contributed by atoms with E-state index in [4.69, 9.17) is 21.1 Å². The number of hydrogen-bond donors (Lipinski definition) is 1. The highest BCUT2D eigenvalue weighted by Crippen LogP contribution is 2.30. The van der Waals surface area contributed by atoms with Crippen LogP contribution in [0.1, 0.15) is 18.6 Å². The van der Waals surface area contributed by atoms with Crippen LogP contribution in [-0.4, -0.2) is 48.6 Å². The maximum atomic E-state index is 12.8. The summed E-state index contributed by atoms with van der Waals surface area (Å²) >= 11 is 5.94. The number of rotatable bonds is 6. The molecule has 0 spiro atoms. The number of nitro groups is 1. The molecule has 154 valence electrons. The van der Waals surface area contributed by atoms with Gasteiger partial charge in [-0.3, -0.25) is 19.8 Å². The predicted molar refractivity (Wildman–Crippen MR) is 109 cm³/mol. The molecule has 1 saturated heterocycles. The smallest absolute Gasteiger partial charge is 0.296 e. The van der Waals surface area contributed by atoms with Crippen LogP contribution in [0.4, 0.5) is 11.4 Å². The molecule has 1 aliphatic heterocycles. The average molecular weight is 420 g/mol. The number of carbonyl (C=O) groups is 1. The number of morpholine rings is 1. The van der Waals surface area contributed by atoms with Crippen molar-refractivity contribution in [3.63, 3.8) is 0 Å². The standard InChI is InChI=1S/C20H22ClN3O5/c1-13(20(25)22-17-8-7-16(28-2)11-18(17)24(26)27)23-9-10-29-19(12-23)14-3-5-15(21)6-4-14/h3-8,11,13,19H,9-10,12H2,1-2H3,(H,22,25)/t13-,19+/m0/s1. The molecule has 0 unspecified atom stereocenters. The summed E-state index contributed by atoms with van der Waals surface area (Å²) in [5, 5.41) is 14.6. The predicted octanol–water partition coefficient (Wildman–Crippen LogP) is 3.66. The van der Waals surface area contributed by atoms with Crippen molar-refractivity contribution in [3.05, 3.63) is 63.2 Å². The molecular formula is C20H22ClN3O5. The maximum absolute atomic E-state index is 12.8. The van der Waals surface area contributed by atoms with Crippen LogP contribution in [0.3, 0.4) is 0 Å². The first-order valence-corrected chi connectivity index (χ1v) is 9.51.